The number of hydrogen-bond acceptors (Lipinski definition) is 4. The largest absolute Gasteiger partial charge is 0.497 e. The molecule has 0 aliphatic rings. The molecule has 1 amide bonds. The minimum absolute atomic E-state index is 0. The molecule has 4 N–H and O–H groups in total. The summed E-state index contributed by atoms with van der Waals surface area (Å²) >= 11 is 0. The van der Waals surface area contributed by atoms with Gasteiger partial charge in [0.05, 0.1) is 19.7 Å². The van der Waals surface area contributed by atoms with Gasteiger partial charge in [0.2, 0.25) is 5.91 Å². The number of halogens is 1. The smallest absolute Gasteiger partial charge is 0.220 e. The fraction of sp³-hybridized carbons (Fsp3) is 0.471. The third-order valence-corrected chi connectivity index (χ3v) is 3.74. The Morgan fingerprint density at radius 2 is 2.00 bits per heavy atom. The number of rotatable bonds is 9. The first kappa shape index (κ1) is 20.1. The number of aromatic nitrogens is 1. The van der Waals surface area contributed by atoms with E-state index in [4.69, 9.17) is 15.2 Å². The van der Waals surface area contributed by atoms with Crippen molar-refractivity contribution in [3.8, 4) is 11.5 Å². The quantitative estimate of drug-likeness (QED) is 0.602. The van der Waals surface area contributed by atoms with Crippen molar-refractivity contribution in [2.24, 2.45) is 5.73 Å². The van der Waals surface area contributed by atoms with Gasteiger partial charge >= 0.3 is 0 Å². The molecule has 134 valence electrons. The number of hydrogen-bond donors (Lipinski definition) is 3. The minimum atomic E-state index is 0. The summed E-state index contributed by atoms with van der Waals surface area (Å²) in [7, 11) is 3.29. The Morgan fingerprint density at radius 1 is 1.21 bits per heavy atom. The summed E-state index contributed by atoms with van der Waals surface area (Å²) in [5.41, 5.74) is 7.49. The van der Waals surface area contributed by atoms with Crippen LogP contribution in [-0.2, 0) is 11.2 Å². The van der Waals surface area contributed by atoms with Crippen LogP contribution in [0.15, 0.2) is 18.2 Å². The zero-order valence-electron chi connectivity index (χ0n) is 14.2. The second-order valence-corrected chi connectivity index (χ2v) is 5.43. The molecular weight excluding hydrogens is 330 g/mol. The third-order valence-electron chi connectivity index (χ3n) is 3.74. The third kappa shape index (κ3) is 5.32. The van der Waals surface area contributed by atoms with Gasteiger partial charge in [0.1, 0.15) is 11.5 Å². The van der Waals surface area contributed by atoms with E-state index in [-0.39, 0.29) is 18.3 Å². The molecule has 0 spiro atoms. The molecule has 0 bridgehead atoms. The molecule has 0 aliphatic carbocycles. The summed E-state index contributed by atoms with van der Waals surface area (Å²) in [4.78, 5) is 14.9. The number of aryl methyl sites for hydroxylation is 1. The summed E-state index contributed by atoms with van der Waals surface area (Å²) in [5, 5.41) is 3.95. The van der Waals surface area contributed by atoms with Gasteiger partial charge in [0.25, 0.3) is 0 Å². The Bertz CT molecular complexity index is 658. The molecule has 24 heavy (non-hydrogen) atoms. The summed E-state index contributed by atoms with van der Waals surface area (Å²) in [6.07, 6.45) is 2.97. The number of benzene rings is 1. The highest BCUT2D eigenvalue weighted by Gasteiger charge is 2.09. The highest BCUT2D eigenvalue weighted by molar-refractivity contribution is 5.88. The van der Waals surface area contributed by atoms with Crippen molar-refractivity contribution in [2.75, 3.05) is 27.3 Å². The number of fused-ring (bicyclic) bond motifs is 1. The molecule has 1 aromatic carbocycles. The summed E-state index contributed by atoms with van der Waals surface area (Å²) in [6.45, 7) is 1.22. The highest BCUT2D eigenvalue weighted by atomic mass is 35.5. The van der Waals surface area contributed by atoms with Crippen LogP contribution in [0.5, 0.6) is 11.5 Å². The van der Waals surface area contributed by atoms with Crippen molar-refractivity contribution < 1.29 is 14.3 Å². The Morgan fingerprint density at radius 3 is 2.67 bits per heavy atom. The number of nitrogens with two attached hydrogens (primary N) is 1. The average Bonchev–Trinajstić information content (AvgIpc) is 2.98. The van der Waals surface area contributed by atoms with Crippen molar-refractivity contribution in [1.82, 2.24) is 10.3 Å². The van der Waals surface area contributed by atoms with Gasteiger partial charge in [-0.15, -0.1) is 12.4 Å². The maximum absolute atomic E-state index is 11.5. The van der Waals surface area contributed by atoms with Crippen LogP contribution in [0.1, 0.15) is 25.0 Å². The number of carbonyl (C=O) groups excluding carboxylic acids is 1. The highest BCUT2D eigenvalue weighted by Crippen LogP contribution is 2.31. The van der Waals surface area contributed by atoms with Crippen LogP contribution in [-0.4, -0.2) is 38.2 Å². The zero-order valence-corrected chi connectivity index (χ0v) is 15.0. The maximum Gasteiger partial charge on any atom is 0.220 e. The fourth-order valence-corrected chi connectivity index (χ4v) is 2.52. The van der Waals surface area contributed by atoms with Crippen LogP contribution >= 0.6 is 12.4 Å². The zero-order chi connectivity index (χ0) is 16.7. The van der Waals surface area contributed by atoms with Crippen molar-refractivity contribution in [2.45, 2.75) is 25.7 Å². The second kappa shape index (κ2) is 10.1. The first-order valence-electron chi connectivity index (χ1n) is 7.88. The molecule has 0 aliphatic heterocycles. The molecule has 7 heteroatoms. The average molecular weight is 356 g/mol. The molecule has 1 heterocycles. The predicted molar refractivity (Wildman–Crippen MR) is 98.3 cm³/mol. The Kier molecular flexibility index (Phi) is 8.43. The number of nitrogens with one attached hydrogen (secondary N) is 2. The molecule has 0 radical (unpaired) electrons. The van der Waals surface area contributed by atoms with E-state index >= 15 is 0 Å². The number of ether oxygens (including phenoxy) is 2. The lowest BCUT2D eigenvalue weighted by Crippen LogP contribution is -2.25. The van der Waals surface area contributed by atoms with Crippen LogP contribution in [0.4, 0.5) is 0 Å². The van der Waals surface area contributed by atoms with Gasteiger partial charge in [-0.3, -0.25) is 4.79 Å². The number of amides is 1. The van der Waals surface area contributed by atoms with Crippen LogP contribution < -0.4 is 20.5 Å². The van der Waals surface area contributed by atoms with Gasteiger partial charge in [0, 0.05) is 36.2 Å². The van der Waals surface area contributed by atoms with E-state index in [0.29, 0.717) is 19.5 Å². The normalized spacial score (nSPS) is 10.3. The maximum atomic E-state index is 11.5. The van der Waals surface area contributed by atoms with Crippen LogP contribution in [0.25, 0.3) is 10.9 Å². The molecule has 6 nitrogen and oxygen atoms in total. The van der Waals surface area contributed by atoms with Crippen LogP contribution in [0.3, 0.4) is 0 Å². The van der Waals surface area contributed by atoms with Gasteiger partial charge in [0.15, 0.2) is 0 Å². The van der Waals surface area contributed by atoms with E-state index in [0.717, 1.165) is 47.4 Å². The predicted octanol–water partition coefficient (Wildman–Crippen LogP) is 2.39. The molecule has 2 aromatic rings. The monoisotopic (exact) mass is 355 g/mol. The van der Waals surface area contributed by atoms with Crippen LogP contribution in [0.2, 0.25) is 0 Å². The Labute approximate surface area is 148 Å². The topological polar surface area (TPSA) is 89.4 Å². The standard InChI is InChI=1S/C17H25N3O3.ClH/c1-22-13-10-15-14(16(11-13)23-2)9-12(20-15)5-4-8-19-17(21)6-3-7-18;/h9-11,20H,3-8,18H2,1-2H3,(H,19,21);1H. The summed E-state index contributed by atoms with van der Waals surface area (Å²) < 4.78 is 10.7. The van der Waals surface area contributed by atoms with E-state index in [1.165, 1.54) is 0 Å². The van der Waals surface area contributed by atoms with Crippen LogP contribution in [0, 0.1) is 0 Å². The lowest BCUT2D eigenvalue weighted by Gasteiger charge is -2.04. The molecule has 0 unspecified atom stereocenters. The number of aromatic amines is 1. The Balaban J connectivity index is 0.00000288. The SMILES string of the molecule is COc1cc(OC)c2cc(CCCNC(=O)CCCN)[nH]c2c1.Cl. The van der Waals surface area contributed by atoms with Gasteiger partial charge in [-0.1, -0.05) is 0 Å². The fourth-order valence-electron chi connectivity index (χ4n) is 2.52. The molecule has 0 atom stereocenters. The van der Waals surface area contributed by atoms with E-state index in [1.807, 2.05) is 12.1 Å². The lowest BCUT2D eigenvalue weighted by atomic mass is 10.2. The van der Waals surface area contributed by atoms with E-state index in [2.05, 4.69) is 16.4 Å². The van der Waals surface area contributed by atoms with E-state index in [1.54, 1.807) is 14.2 Å². The van der Waals surface area contributed by atoms with Crippen molar-refractivity contribution in [3.05, 3.63) is 23.9 Å². The molecule has 0 saturated carbocycles. The molecule has 1 aromatic heterocycles. The summed E-state index contributed by atoms with van der Waals surface area (Å²) in [5.74, 6) is 1.62. The van der Waals surface area contributed by atoms with Gasteiger partial charge in [-0.25, -0.2) is 0 Å². The number of methoxy groups -OCH3 is 2. The molecule has 0 fully saturated rings. The van der Waals surface area contributed by atoms with Gasteiger partial charge in [-0.2, -0.15) is 0 Å². The number of carbonyl (C=O) groups is 1. The molecule has 2 rings (SSSR count). The molecule has 0 saturated heterocycles. The number of H-pyrrole nitrogens is 1. The first-order chi connectivity index (χ1) is 11.2. The van der Waals surface area contributed by atoms with Crippen molar-refractivity contribution >= 4 is 29.2 Å². The van der Waals surface area contributed by atoms with E-state index in [9.17, 15) is 4.79 Å². The Hall–Kier alpha value is -1.92. The van der Waals surface area contributed by atoms with Gasteiger partial charge in [-0.05, 0) is 31.9 Å². The van der Waals surface area contributed by atoms with Crippen molar-refractivity contribution in [1.29, 1.82) is 0 Å². The van der Waals surface area contributed by atoms with E-state index < -0.39 is 0 Å². The lowest BCUT2D eigenvalue weighted by molar-refractivity contribution is -0.121. The minimum Gasteiger partial charge on any atom is -0.497 e. The first-order valence-corrected chi connectivity index (χ1v) is 7.88. The van der Waals surface area contributed by atoms with Crippen molar-refractivity contribution in [3.63, 3.8) is 0 Å². The van der Waals surface area contributed by atoms with Gasteiger partial charge < -0.3 is 25.5 Å². The second-order valence-electron chi connectivity index (χ2n) is 5.43. The molecular formula is C17H26ClN3O3. The summed E-state index contributed by atoms with van der Waals surface area (Å²) in [6, 6.07) is 5.91.